The van der Waals surface area contributed by atoms with Gasteiger partial charge in [0.2, 0.25) is 23.7 Å². The molecule has 0 spiro atoms. The first-order valence-corrected chi connectivity index (χ1v) is 26.3. The quantitative estimate of drug-likeness (QED) is 0.0237. The molecule has 3 amide bonds. The number of carbonyl (C=O) groups excluding carboxylic acids is 3. The minimum absolute atomic E-state index is 0.0168. The molecule has 23 nitrogen and oxygen atoms in total. The fraction of sp³-hybridized carbons (Fsp3) is 0.523. The minimum Gasteiger partial charge on any atom is -0.379 e. The highest BCUT2D eigenvalue weighted by Crippen LogP contribution is 2.40. The minimum atomic E-state index is -2.55. The summed E-state index contributed by atoms with van der Waals surface area (Å²) in [5.74, 6) is 0.295. The van der Waals surface area contributed by atoms with Crippen LogP contribution in [0.15, 0.2) is 39.2 Å². The van der Waals surface area contributed by atoms with E-state index in [0.717, 1.165) is 45.0 Å². The van der Waals surface area contributed by atoms with Crippen molar-refractivity contribution >= 4 is 83.8 Å². The van der Waals surface area contributed by atoms with E-state index in [4.69, 9.17) is 55.6 Å². The fourth-order valence-corrected chi connectivity index (χ4v) is 10.6. The molecule has 4 aromatic heterocycles. The van der Waals surface area contributed by atoms with E-state index >= 15 is 0 Å². The maximum absolute atomic E-state index is 13.3. The molecule has 5 aromatic rings. The number of carbonyl (C=O) groups is 3. The number of amides is 3. The molecule has 1 unspecified atom stereocenters. The number of thioether (sulfide) groups is 1. The van der Waals surface area contributed by atoms with Crippen LogP contribution in [0.2, 0.25) is 5.02 Å². The first kappa shape index (κ1) is 53.9. The summed E-state index contributed by atoms with van der Waals surface area (Å²) in [5.41, 5.74) is 9.30. The Morgan fingerprint density at radius 2 is 1.69 bits per heavy atom. The predicted octanol–water partition coefficient (Wildman–Crippen LogP) is 3.47. The normalized spacial score (nSPS) is 17.0. The number of hydrogen-bond acceptors (Lipinski definition) is 19. The number of benzene rings is 1. The van der Waals surface area contributed by atoms with Gasteiger partial charge in [-0.15, -0.1) is 21.5 Å². The van der Waals surface area contributed by atoms with Crippen LogP contribution in [0, 0.1) is 20.8 Å². The zero-order chi connectivity index (χ0) is 50.6. The number of aromatic nitrogens is 7. The predicted molar refractivity (Wildman–Crippen MR) is 267 cm³/mol. The van der Waals surface area contributed by atoms with Gasteiger partial charge in [0, 0.05) is 60.0 Å². The van der Waals surface area contributed by atoms with Gasteiger partial charge in [-0.25, -0.2) is 4.98 Å². The first-order valence-electron chi connectivity index (χ1n) is 23.0. The van der Waals surface area contributed by atoms with Crippen molar-refractivity contribution in [3.8, 4) is 5.00 Å². The Labute approximate surface area is 423 Å². The van der Waals surface area contributed by atoms with Crippen LogP contribution >= 0.6 is 43.3 Å². The number of anilines is 1. The number of ether oxygens (including phenoxy) is 4. The summed E-state index contributed by atoms with van der Waals surface area (Å²) >= 11 is 9.01. The molecule has 2 aliphatic rings. The third-order valence-electron chi connectivity index (χ3n) is 11.4. The number of hydrogen-bond donors (Lipinski definition) is 7. The summed E-state index contributed by atoms with van der Waals surface area (Å²) in [7, 11) is -2.55. The lowest BCUT2D eigenvalue weighted by atomic mass is 9.99. The molecule has 0 aliphatic carbocycles. The van der Waals surface area contributed by atoms with Crippen molar-refractivity contribution in [3.05, 3.63) is 72.9 Å². The average Bonchev–Trinajstić information content (AvgIpc) is 4.10. The van der Waals surface area contributed by atoms with E-state index in [0.29, 0.717) is 87.9 Å². The number of rotatable bonds is 26. The van der Waals surface area contributed by atoms with E-state index < -0.39 is 50.4 Å². The lowest BCUT2D eigenvalue weighted by Gasteiger charge is -2.20. The van der Waals surface area contributed by atoms with Crippen molar-refractivity contribution in [3.63, 3.8) is 0 Å². The molecule has 2 aliphatic heterocycles. The summed E-state index contributed by atoms with van der Waals surface area (Å²) in [6.07, 6.45) is 1.09. The number of thiophene rings is 1. The van der Waals surface area contributed by atoms with Gasteiger partial charge in [0.1, 0.15) is 29.1 Å². The van der Waals surface area contributed by atoms with Gasteiger partial charge in [0.05, 0.1) is 51.3 Å². The van der Waals surface area contributed by atoms with Crippen LogP contribution in [0.1, 0.15) is 84.5 Å². The van der Waals surface area contributed by atoms with Gasteiger partial charge in [0.15, 0.2) is 22.1 Å². The number of H-pyrrole nitrogens is 1. The molecule has 1 saturated heterocycles. The van der Waals surface area contributed by atoms with Crippen molar-refractivity contribution in [2.45, 2.75) is 89.4 Å². The zero-order valence-corrected chi connectivity index (χ0v) is 42.9. The number of aryl methyl sites for hydroxylation is 2. The summed E-state index contributed by atoms with van der Waals surface area (Å²) in [6.45, 7) is 10.3. The smallest absolute Gasteiger partial charge is 0.327 e. The van der Waals surface area contributed by atoms with Gasteiger partial charge in [-0.2, -0.15) is 4.98 Å². The number of nitrogen functional groups attached to an aromatic ring is 1. The summed E-state index contributed by atoms with van der Waals surface area (Å²) in [6, 6.07) is 6.06. The van der Waals surface area contributed by atoms with E-state index in [1.54, 1.807) is 15.9 Å². The SMILES string of the molecule is CC(=O)N[C@@H](CSc1nc2c(=O)[nH]c(N)nc2n1C1CC[C@@H](COP(O)O)O1)C(=O)NCCCOCCOCCOCCCNC(=O)C[C@@H]1N=C(c2ccc(Cl)cc2)c2c(sc(C)c2C)-n2c(C)nnc21. The number of nitrogens with zero attached hydrogens (tertiary/aromatic N) is 7. The molecular formula is C44H58ClN12O11PS2. The van der Waals surface area contributed by atoms with E-state index in [-0.39, 0.29) is 48.3 Å². The summed E-state index contributed by atoms with van der Waals surface area (Å²) in [4.78, 5) is 87.2. The molecule has 27 heteroatoms. The van der Waals surface area contributed by atoms with Crippen LogP contribution in [-0.4, -0.2) is 145 Å². The molecule has 7 rings (SSSR count). The number of fused-ring (bicyclic) bond motifs is 4. The van der Waals surface area contributed by atoms with Gasteiger partial charge in [-0.1, -0.05) is 35.5 Å². The third kappa shape index (κ3) is 14.2. The first-order chi connectivity index (χ1) is 34.2. The number of nitrogens with two attached hydrogens (primary N) is 1. The molecule has 0 saturated carbocycles. The molecule has 71 heavy (non-hydrogen) atoms. The average molecular weight is 1060 g/mol. The Bertz CT molecular complexity index is 2730. The van der Waals surface area contributed by atoms with E-state index in [2.05, 4.69) is 54.9 Å². The summed E-state index contributed by atoms with van der Waals surface area (Å²) < 4.78 is 31.6. The van der Waals surface area contributed by atoms with Gasteiger partial charge in [-0.3, -0.25) is 38.3 Å². The van der Waals surface area contributed by atoms with Crippen LogP contribution < -0.4 is 27.2 Å². The van der Waals surface area contributed by atoms with Crippen molar-refractivity contribution < 1.29 is 47.6 Å². The van der Waals surface area contributed by atoms with E-state index in [1.807, 2.05) is 35.8 Å². The zero-order valence-electron chi connectivity index (χ0n) is 39.6. The van der Waals surface area contributed by atoms with Crippen LogP contribution in [0.5, 0.6) is 0 Å². The molecule has 1 fully saturated rings. The monoisotopic (exact) mass is 1060 g/mol. The Kier molecular flexibility index (Phi) is 19.5. The fourth-order valence-electron chi connectivity index (χ4n) is 7.91. The molecule has 6 heterocycles. The molecule has 0 bridgehead atoms. The molecule has 8 N–H and O–H groups in total. The van der Waals surface area contributed by atoms with Crippen molar-refractivity contribution in [1.82, 2.24) is 50.2 Å². The maximum Gasteiger partial charge on any atom is 0.327 e. The second-order valence-electron chi connectivity index (χ2n) is 16.6. The van der Waals surface area contributed by atoms with Crippen molar-refractivity contribution in [1.29, 1.82) is 0 Å². The highest BCUT2D eigenvalue weighted by molar-refractivity contribution is 7.99. The van der Waals surface area contributed by atoms with Crippen LogP contribution in [0.25, 0.3) is 16.2 Å². The maximum atomic E-state index is 13.3. The number of nitrogens with one attached hydrogen (secondary N) is 4. The number of aliphatic imine (C=N–C) groups is 1. The number of imidazole rings is 1. The van der Waals surface area contributed by atoms with E-state index in [9.17, 15) is 19.2 Å². The highest BCUT2D eigenvalue weighted by Gasteiger charge is 2.34. The Hall–Kier alpha value is -4.92. The van der Waals surface area contributed by atoms with Crippen molar-refractivity contribution in [2.75, 3.05) is 70.8 Å². The number of aromatic amines is 1. The van der Waals surface area contributed by atoms with Gasteiger partial charge in [0.25, 0.3) is 5.56 Å². The third-order valence-corrected chi connectivity index (χ3v) is 14.3. The van der Waals surface area contributed by atoms with Crippen LogP contribution in [0.3, 0.4) is 0 Å². The van der Waals surface area contributed by atoms with Crippen LogP contribution in [0.4, 0.5) is 5.95 Å². The molecule has 384 valence electrons. The lowest BCUT2D eigenvalue weighted by Crippen LogP contribution is -2.48. The molecular weight excluding hydrogens is 1000 g/mol. The standard InChI is InChI=1S/C44H58ClN12O11PS2/c1-24-25(2)71-42-35(24)36(28-7-9-29(45)10-8-28)50-31(38-55-54-26(3)56(38)42)21-33(59)47-13-5-15-64-17-19-66-20-18-65-16-6-14-48-40(60)32(49-27(4)58)23-70-44-51-37-39(52-43(46)53-41(37)61)57(44)34-12-11-30(68-34)22-67-69(62)63/h7-10,30-32,34,62-63H,5-6,11-23H2,1-4H3,(H,47,59)(H,48,60)(H,49,58)(H3,46,52,53,61)/t30-,31-,32-,34?/m0/s1. The Balaban J connectivity index is 0.766. The molecule has 1 aromatic carbocycles. The Morgan fingerprint density at radius 1 is 1.00 bits per heavy atom. The Morgan fingerprint density at radius 3 is 2.38 bits per heavy atom. The van der Waals surface area contributed by atoms with Gasteiger partial charge in [-0.05, 0) is 64.2 Å². The van der Waals surface area contributed by atoms with Crippen LogP contribution in [-0.2, 0) is 37.9 Å². The summed E-state index contributed by atoms with van der Waals surface area (Å²) in [5, 5.41) is 19.3. The van der Waals surface area contributed by atoms with E-state index in [1.165, 1.54) is 11.8 Å². The van der Waals surface area contributed by atoms with Gasteiger partial charge >= 0.3 is 8.60 Å². The van der Waals surface area contributed by atoms with Crippen molar-refractivity contribution in [2.24, 2.45) is 4.99 Å². The molecule has 0 radical (unpaired) electrons. The largest absolute Gasteiger partial charge is 0.379 e. The molecule has 4 atom stereocenters. The topological polar surface area (TPSA) is 307 Å². The highest BCUT2D eigenvalue weighted by atomic mass is 35.5. The number of halogens is 1. The van der Waals surface area contributed by atoms with Gasteiger partial charge < -0.3 is 54.9 Å². The lowest BCUT2D eigenvalue weighted by molar-refractivity contribution is -0.127. The second kappa shape index (κ2) is 25.6. The second-order valence-corrected chi connectivity index (χ2v) is 20.0.